The molecule has 3 aromatic rings. The number of carbonyl (C=O) groups excluding carboxylic acids is 1. The molecule has 28 heavy (non-hydrogen) atoms. The number of aromatic nitrogens is 1. The highest BCUT2D eigenvalue weighted by Crippen LogP contribution is 2.31. The van der Waals surface area contributed by atoms with E-state index >= 15 is 0 Å². The Morgan fingerprint density at radius 1 is 1.04 bits per heavy atom. The second kappa shape index (κ2) is 8.99. The van der Waals surface area contributed by atoms with Crippen LogP contribution in [0.4, 0.5) is 5.69 Å². The number of carbonyl (C=O) groups is 1. The van der Waals surface area contributed by atoms with Crippen LogP contribution in [0.15, 0.2) is 47.1 Å². The first-order valence-electron chi connectivity index (χ1n) is 8.63. The Kier molecular flexibility index (Phi) is 6.44. The zero-order valence-electron chi connectivity index (χ0n) is 15.3. The number of hydrogen-bond donors (Lipinski definition) is 1. The van der Waals surface area contributed by atoms with Gasteiger partial charge in [-0.3, -0.25) is 4.79 Å². The molecule has 0 aliphatic heterocycles. The predicted octanol–water partition coefficient (Wildman–Crippen LogP) is 5.70. The molecule has 0 atom stereocenters. The molecule has 0 aliphatic rings. The number of anilines is 1. The predicted molar refractivity (Wildman–Crippen MR) is 109 cm³/mol. The third kappa shape index (κ3) is 4.58. The van der Waals surface area contributed by atoms with Gasteiger partial charge in [0.1, 0.15) is 6.26 Å². The van der Waals surface area contributed by atoms with Gasteiger partial charge < -0.3 is 19.2 Å². The van der Waals surface area contributed by atoms with Gasteiger partial charge in [0.25, 0.3) is 5.91 Å². The topological polar surface area (TPSA) is 73.6 Å². The quantitative estimate of drug-likeness (QED) is 0.530. The van der Waals surface area contributed by atoms with E-state index in [1.807, 2.05) is 13.8 Å². The highest BCUT2D eigenvalue weighted by Gasteiger charge is 2.15. The second-order valence-corrected chi connectivity index (χ2v) is 6.46. The van der Waals surface area contributed by atoms with Crippen molar-refractivity contribution < 1.29 is 18.7 Å². The number of halogens is 2. The maximum Gasteiger partial charge on any atom is 0.277 e. The fourth-order valence-corrected chi connectivity index (χ4v) is 2.76. The monoisotopic (exact) mass is 420 g/mol. The average molecular weight is 421 g/mol. The summed E-state index contributed by atoms with van der Waals surface area (Å²) in [4.78, 5) is 16.7. The van der Waals surface area contributed by atoms with Crippen molar-refractivity contribution >= 4 is 34.8 Å². The molecule has 8 heteroatoms. The van der Waals surface area contributed by atoms with Gasteiger partial charge in [-0.1, -0.05) is 23.2 Å². The number of nitrogens with one attached hydrogen (secondary N) is 1. The van der Waals surface area contributed by atoms with Crippen LogP contribution < -0.4 is 14.8 Å². The molecule has 0 bridgehead atoms. The minimum atomic E-state index is -0.415. The Morgan fingerprint density at radius 3 is 2.50 bits per heavy atom. The maximum absolute atomic E-state index is 12.5. The fraction of sp³-hybridized carbons (Fsp3) is 0.200. The largest absolute Gasteiger partial charge is 0.490 e. The molecule has 0 aliphatic carbocycles. The third-order valence-electron chi connectivity index (χ3n) is 3.70. The van der Waals surface area contributed by atoms with Crippen molar-refractivity contribution in [1.29, 1.82) is 0 Å². The van der Waals surface area contributed by atoms with E-state index < -0.39 is 5.91 Å². The van der Waals surface area contributed by atoms with Crippen LogP contribution in [0.5, 0.6) is 11.5 Å². The first-order chi connectivity index (χ1) is 13.5. The van der Waals surface area contributed by atoms with Crippen LogP contribution in [0.25, 0.3) is 11.5 Å². The molecule has 0 saturated carbocycles. The summed E-state index contributed by atoms with van der Waals surface area (Å²) in [5, 5.41) is 3.57. The standard InChI is InChI=1S/C20H18Cl2N2O4/c1-3-26-17-8-6-13(10-18(17)27-4-2)23-19(25)16-11-28-20(24-16)12-5-7-14(21)15(22)9-12/h5-11H,3-4H2,1-2H3,(H,23,25). The Morgan fingerprint density at radius 2 is 1.79 bits per heavy atom. The SMILES string of the molecule is CCOc1ccc(NC(=O)c2coc(-c3ccc(Cl)c(Cl)c3)n2)cc1OCC. The first-order valence-corrected chi connectivity index (χ1v) is 9.39. The molecule has 0 fully saturated rings. The van der Waals surface area contributed by atoms with Crippen LogP contribution >= 0.6 is 23.2 Å². The van der Waals surface area contributed by atoms with Gasteiger partial charge in [0.05, 0.1) is 23.3 Å². The van der Waals surface area contributed by atoms with Gasteiger partial charge >= 0.3 is 0 Å². The summed E-state index contributed by atoms with van der Waals surface area (Å²) in [7, 11) is 0. The summed E-state index contributed by atoms with van der Waals surface area (Å²) < 4.78 is 16.5. The molecule has 1 aromatic heterocycles. The smallest absolute Gasteiger partial charge is 0.277 e. The highest BCUT2D eigenvalue weighted by molar-refractivity contribution is 6.42. The van der Waals surface area contributed by atoms with Crippen molar-refractivity contribution in [2.24, 2.45) is 0 Å². The molecular weight excluding hydrogens is 403 g/mol. The molecule has 0 spiro atoms. The molecule has 0 saturated heterocycles. The van der Waals surface area contributed by atoms with Gasteiger partial charge in [0.15, 0.2) is 17.2 Å². The maximum atomic E-state index is 12.5. The van der Waals surface area contributed by atoms with E-state index in [1.54, 1.807) is 36.4 Å². The molecular formula is C20H18Cl2N2O4. The van der Waals surface area contributed by atoms with Crippen molar-refractivity contribution in [3.05, 3.63) is 58.4 Å². The van der Waals surface area contributed by atoms with E-state index in [0.717, 1.165) is 0 Å². The lowest BCUT2D eigenvalue weighted by Crippen LogP contribution is -2.12. The summed E-state index contributed by atoms with van der Waals surface area (Å²) in [5.74, 6) is 1.02. The second-order valence-electron chi connectivity index (χ2n) is 5.65. The minimum absolute atomic E-state index is 0.132. The number of benzene rings is 2. The van der Waals surface area contributed by atoms with E-state index in [9.17, 15) is 4.79 Å². The van der Waals surface area contributed by atoms with Gasteiger partial charge in [-0.05, 0) is 44.2 Å². The Bertz CT molecular complexity index is 988. The van der Waals surface area contributed by atoms with E-state index in [4.69, 9.17) is 37.1 Å². The lowest BCUT2D eigenvalue weighted by Gasteiger charge is -2.12. The minimum Gasteiger partial charge on any atom is -0.490 e. The molecule has 2 aromatic carbocycles. The van der Waals surface area contributed by atoms with Crippen molar-refractivity contribution in [3.63, 3.8) is 0 Å². The van der Waals surface area contributed by atoms with E-state index in [0.29, 0.717) is 46.0 Å². The number of rotatable bonds is 7. The van der Waals surface area contributed by atoms with Crippen LogP contribution in [0.2, 0.25) is 10.0 Å². The summed E-state index contributed by atoms with van der Waals surface area (Å²) in [5.41, 5.74) is 1.30. The molecule has 146 valence electrons. The zero-order chi connectivity index (χ0) is 20.1. The lowest BCUT2D eigenvalue weighted by molar-refractivity contribution is 0.102. The van der Waals surface area contributed by atoms with Gasteiger partial charge in [-0.15, -0.1) is 0 Å². The molecule has 3 rings (SSSR count). The number of hydrogen-bond acceptors (Lipinski definition) is 5. The molecule has 1 heterocycles. The van der Waals surface area contributed by atoms with Crippen LogP contribution in [0, 0.1) is 0 Å². The summed E-state index contributed by atoms with van der Waals surface area (Å²) >= 11 is 11.9. The molecule has 1 amide bonds. The summed E-state index contributed by atoms with van der Waals surface area (Å²) in [6.45, 7) is 4.76. The van der Waals surface area contributed by atoms with E-state index in [-0.39, 0.29) is 11.6 Å². The number of oxazole rings is 1. The highest BCUT2D eigenvalue weighted by atomic mass is 35.5. The number of amides is 1. The van der Waals surface area contributed by atoms with Crippen molar-refractivity contribution in [3.8, 4) is 23.0 Å². The van der Waals surface area contributed by atoms with E-state index in [2.05, 4.69) is 10.3 Å². The molecule has 0 unspecified atom stereocenters. The Labute approximate surface area is 172 Å². The normalized spacial score (nSPS) is 10.6. The number of nitrogens with zero attached hydrogens (tertiary/aromatic N) is 1. The number of ether oxygens (including phenoxy) is 2. The van der Waals surface area contributed by atoms with Crippen molar-refractivity contribution in [1.82, 2.24) is 4.98 Å². The van der Waals surface area contributed by atoms with Crippen molar-refractivity contribution in [2.45, 2.75) is 13.8 Å². The van der Waals surface area contributed by atoms with E-state index in [1.165, 1.54) is 6.26 Å². The molecule has 1 N–H and O–H groups in total. The van der Waals surface area contributed by atoms with Crippen LogP contribution in [-0.4, -0.2) is 24.1 Å². The average Bonchev–Trinajstić information content (AvgIpc) is 3.17. The molecule has 0 radical (unpaired) electrons. The van der Waals surface area contributed by atoms with Gasteiger partial charge in [-0.2, -0.15) is 0 Å². The lowest BCUT2D eigenvalue weighted by atomic mass is 10.2. The third-order valence-corrected chi connectivity index (χ3v) is 4.44. The van der Waals surface area contributed by atoms with Gasteiger partial charge in [0, 0.05) is 17.3 Å². The first kappa shape index (κ1) is 20.0. The van der Waals surface area contributed by atoms with Crippen LogP contribution in [0.1, 0.15) is 24.3 Å². The zero-order valence-corrected chi connectivity index (χ0v) is 16.8. The summed E-state index contributed by atoms with van der Waals surface area (Å²) in [6.07, 6.45) is 1.28. The van der Waals surface area contributed by atoms with Crippen LogP contribution in [0.3, 0.4) is 0 Å². The van der Waals surface area contributed by atoms with Crippen LogP contribution in [-0.2, 0) is 0 Å². The Hall–Kier alpha value is -2.70. The molecule has 6 nitrogen and oxygen atoms in total. The summed E-state index contributed by atoms with van der Waals surface area (Å²) in [6, 6.07) is 10.1. The fourth-order valence-electron chi connectivity index (χ4n) is 2.46. The van der Waals surface area contributed by atoms with Crippen molar-refractivity contribution in [2.75, 3.05) is 18.5 Å². The van der Waals surface area contributed by atoms with Gasteiger partial charge in [-0.25, -0.2) is 4.98 Å². The Balaban J connectivity index is 1.77. The van der Waals surface area contributed by atoms with Gasteiger partial charge in [0.2, 0.25) is 5.89 Å².